The van der Waals surface area contributed by atoms with Crippen LogP contribution in [0.15, 0.2) is 34.9 Å². The number of hydrogen-bond acceptors (Lipinski definition) is 3. The normalized spacial score (nSPS) is 10.2. The van der Waals surface area contributed by atoms with Crippen molar-refractivity contribution in [3.8, 4) is 0 Å². The van der Waals surface area contributed by atoms with Gasteiger partial charge >= 0.3 is 0 Å². The smallest absolute Gasteiger partial charge is 0.135 e. The molecule has 0 spiro atoms. The predicted molar refractivity (Wildman–Crippen MR) is 76.9 cm³/mol. The van der Waals surface area contributed by atoms with E-state index in [-0.39, 0.29) is 0 Å². The van der Waals surface area contributed by atoms with Crippen molar-refractivity contribution >= 4 is 50.0 Å². The zero-order chi connectivity index (χ0) is 11.5. The SMILES string of the molecule is Cc1nc(Br)cc(Nc2ccc(I)cc2)n1. The van der Waals surface area contributed by atoms with Crippen LogP contribution in [-0.4, -0.2) is 9.97 Å². The maximum absolute atomic E-state index is 4.30. The Bertz CT molecular complexity index is 479. The lowest BCUT2D eigenvalue weighted by Crippen LogP contribution is -1.97. The first-order valence-corrected chi connectivity index (χ1v) is 6.54. The predicted octanol–water partition coefficient (Wildman–Crippen LogP) is 3.90. The summed E-state index contributed by atoms with van der Waals surface area (Å²) < 4.78 is 2.00. The van der Waals surface area contributed by atoms with Crippen molar-refractivity contribution < 1.29 is 0 Å². The molecule has 0 atom stereocenters. The van der Waals surface area contributed by atoms with Gasteiger partial charge in [-0.25, -0.2) is 9.97 Å². The highest BCUT2D eigenvalue weighted by atomic mass is 127. The number of benzene rings is 1. The van der Waals surface area contributed by atoms with E-state index in [1.54, 1.807) is 0 Å². The van der Waals surface area contributed by atoms with Gasteiger partial charge in [0.2, 0.25) is 0 Å². The number of halogens is 2. The molecule has 0 fully saturated rings. The molecule has 0 saturated heterocycles. The average molecular weight is 390 g/mol. The van der Waals surface area contributed by atoms with Crippen molar-refractivity contribution in [2.45, 2.75) is 6.92 Å². The highest BCUT2D eigenvalue weighted by Gasteiger charge is 2.00. The molecule has 1 N–H and O–H groups in total. The van der Waals surface area contributed by atoms with Crippen molar-refractivity contribution in [2.75, 3.05) is 5.32 Å². The summed E-state index contributed by atoms with van der Waals surface area (Å²) in [6.07, 6.45) is 0. The van der Waals surface area contributed by atoms with Gasteiger partial charge in [0.15, 0.2) is 0 Å². The Morgan fingerprint density at radius 1 is 1.19 bits per heavy atom. The van der Waals surface area contributed by atoms with Crippen LogP contribution in [0, 0.1) is 10.5 Å². The second kappa shape index (κ2) is 5.09. The van der Waals surface area contributed by atoms with Crippen molar-refractivity contribution in [2.24, 2.45) is 0 Å². The van der Waals surface area contributed by atoms with E-state index in [0.717, 1.165) is 21.9 Å². The molecule has 3 nitrogen and oxygen atoms in total. The standard InChI is InChI=1S/C11H9BrIN3/c1-7-14-10(12)6-11(15-7)16-9-4-2-8(13)3-5-9/h2-6H,1H3,(H,14,15,16). The zero-order valence-corrected chi connectivity index (χ0v) is 12.3. The molecular weight excluding hydrogens is 381 g/mol. The van der Waals surface area contributed by atoms with Crippen LogP contribution in [0.5, 0.6) is 0 Å². The number of nitrogens with one attached hydrogen (secondary N) is 1. The number of hydrogen-bond donors (Lipinski definition) is 1. The minimum absolute atomic E-state index is 0.738. The molecular formula is C11H9BrIN3. The lowest BCUT2D eigenvalue weighted by molar-refractivity contribution is 1.04. The molecule has 1 aromatic carbocycles. The van der Waals surface area contributed by atoms with Crippen LogP contribution in [0.4, 0.5) is 11.5 Å². The maximum atomic E-state index is 4.30. The Balaban J connectivity index is 2.23. The van der Waals surface area contributed by atoms with Crippen LogP contribution in [0.2, 0.25) is 0 Å². The summed E-state index contributed by atoms with van der Waals surface area (Å²) in [5, 5.41) is 3.23. The Hall–Kier alpha value is -0.690. The fraction of sp³-hybridized carbons (Fsp3) is 0.0909. The van der Waals surface area contributed by atoms with Gasteiger partial charge in [-0.1, -0.05) is 0 Å². The van der Waals surface area contributed by atoms with Gasteiger partial charge in [0.05, 0.1) is 0 Å². The minimum atomic E-state index is 0.738. The van der Waals surface area contributed by atoms with Gasteiger partial charge < -0.3 is 5.32 Å². The quantitative estimate of drug-likeness (QED) is 0.625. The molecule has 0 aliphatic heterocycles. The molecule has 0 saturated carbocycles. The molecule has 2 aromatic rings. The van der Waals surface area contributed by atoms with Gasteiger partial charge in [-0.3, -0.25) is 0 Å². The summed E-state index contributed by atoms with van der Waals surface area (Å²) in [4.78, 5) is 8.45. The zero-order valence-electron chi connectivity index (χ0n) is 8.54. The number of rotatable bonds is 2. The first kappa shape index (κ1) is 11.8. The molecule has 82 valence electrons. The van der Waals surface area contributed by atoms with Crippen LogP contribution in [0.25, 0.3) is 0 Å². The van der Waals surface area contributed by atoms with Crippen molar-refractivity contribution in [3.05, 3.63) is 44.3 Å². The lowest BCUT2D eigenvalue weighted by Gasteiger charge is -2.06. The molecule has 0 amide bonds. The number of aryl methyl sites for hydroxylation is 1. The van der Waals surface area contributed by atoms with Gasteiger partial charge in [-0.2, -0.15) is 0 Å². The molecule has 0 aliphatic rings. The van der Waals surface area contributed by atoms with Gasteiger partial charge in [-0.05, 0) is 69.7 Å². The van der Waals surface area contributed by atoms with E-state index in [0.29, 0.717) is 0 Å². The summed E-state index contributed by atoms with van der Waals surface area (Å²) in [5.41, 5.74) is 1.02. The second-order valence-electron chi connectivity index (χ2n) is 3.26. The molecule has 0 unspecified atom stereocenters. The Morgan fingerprint density at radius 3 is 2.50 bits per heavy atom. The number of aromatic nitrogens is 2. The Labute approximate surface area is 116 Å². The number of nitrogens with zero attached hydrogens (tertiary/aromatic N) is 2. The summed E-state index contributed by atoms with van der Waals surface area (Å²) in [7, 11) is 0. The summed E-state index contributed by atoms with van der Waals surface area (Å²) in [6.45, 7) is 1.86. The van der Waals surface area contributed by atoms with Crippen molar-refractivity contribution in [3.63, 3.8) is 0 Å². The van der Waals surface area contributed by atoms with E-state index in [1.165, 1.54) is 3.57 Å². The first-order valence-electron chi connectivity index (χ1n) is 4.67. The van der Waals surface area contributed by atoms with Crippen molar-refractivity contribution in [1.82, 2.24) is 9.97 Å². The van der Waals surface area contributed by atoms with Crippen LogP contribution >= 0.6 is 38.5 Å². The molecule has 1 aromatic heterocycles. The molecule has 2 rings (SSSR count). The van der Waals surface area contributed by atoms with Gasteiger partial charge in [0.25, 0.3) is 0 Å². The maximum Gasteiger partial charge on any atom is 0.135 e. The molecule has 5 heteroatoms. The minimum Gasteiger partial charge on any atom is -0.340 e. The monoisotopic (exact) mass is 389 g/mol. The van der Waals surface area contributed by atoms with E-state index in [1.807, 2.05) is 37.3 Å². The fourth-order valence-electron chi connectivity index (χ4n) is 1.28. The second-order valence-corrected chi connectivity index (χ2v) is 5.31. The third kappa shape index (κ3) is 3.15. The van der Waals surface area contributed by atoms with Crippen LogP contribution in [0.3, 0.4) is 0 Å². The third-order valence-electron chi connectivity index (χ3n) is 1.92. The van der Waals surface area contributed by atoms with E-state index < -0.39 is 0 Å². The molecule has 0 bridgehead atoms. The van der Waals surface area contributed by atoms with Gasteiger partial charge in [0, 0.05) is 15.3 Å². The molecule has 1 heterocycles. The highest BCUT2D eigenvalue weighted by molar-refractivity contribution is 14.1. The van der Waals surface area contributed by atoms with E-state index in [2.05, 4.69) is 53.8 Å². The van der Waals surface area contributed by atoms with E-state index in [4.69, 9.17) is 0 Å². The summed E-state index contributed by atoms with van der Waals surface area (Å²) in [6, 6.07) is 9.99. The largest absolute Gasteiger partial charge is 0.340 e. The topological polar surface area (TPSA) is 37.8 Å². The third-order valence-corrected chi connectivity index (χ3v) is 3.05. The Kier molecular flexibility index (Phi) is 3.75. The van der Waals surface area contributed by atoms with Gasteiger partial charge in [0.1, 0.15) is 16.2 Å². The van der Waals surface area contributed by atoms with Crippen molar-refractivity contribution in [1.29, 1.82) is 0 Å². The summed E-state index contributed by atoms with van der Waals surface area (Å²) in [5.74, 6) is 1.53. The number of anilines is 2. The van der Waals surface area contributed by atoms with Crippen LogP contribution in [-0.2, 0) is 0 Å². The summed E-state index contributed by atoms with van der Waals surface area (Å²) >= 11 is 5.62. The average Bonchev–Trinajstić information content (AvgIpc) is 2.20. The van der Waals surface area contributed by atoms with Gasteiger partial charge in [-0.15, -0.1) is 0 Å². The molecule has 16 heavy (non-hydrogen) atoms. The fourth-order valence-corrected chi connectivity index (χ4v) is 2.11. The van der Waals surface area contributed by atoms with E-state index >= 15 is 0 Å². The lowest BCUT2D eigenvalue weighted by atomic mass is 10.3. The molecule has 0 radical (unpaired) electrons. The van der Waals surface area contributed by atoms with Crippen LogP contribution < -0.4 is 5.32 Å². The van der Waals surface area contributed by atoms with E-state index in [9.17, 15) is 0 Å². The molecule has 0 aliphatic carbocycles. The first-order chi connectivity index (χ1) is 7.63. The Morgan fingerprint density at radius 2 is 1.88 bits per heavy atom. The van der Waals surface area contributed by atoms with Crippen LogP contribution in [0.1, 0.15) is 5.82 Å². The highest BCUT2D eigenvalue weighted by Crippen LogP contribution is 2.18.